The molecule has 1 aromatic rings. The van der Waals surface area contributed by atoms with Gasteiger partial charge in [-0.3, -0.25) is 9.59 Å². The van der Waals surface area contributed by atoms with Gasteiger partial charge < -0.3 is 10.2 Å². The summed E-state index contributed by atoms with van der Waals surface area (Å²) in [6.07, 6.45) is 7.18. The monoisotopic (exact) mass is 354 g/mol. The average Bonchev–Trinajstić information content (AvgIpc) is 2.61. The molecule has 4 aliphatic carbocycles. The molecule has 0 aromatic heterocycles. The first-order valence-corrected chi connectivity index (χ1v) is 10.2. The normalized spacial score (nSPS) is 31.7. The van der Waals surface area contributed by atoms with E-state index in [0.717, 1.165) is 42.7 Å². The van der Waals surface area contributed by atoms with Crippen LogP contribution in [0.5, 0.6) is 0 Å². The van der Waals surface area contributed by atoms with Crippen LogP contribution in [0.1, 0.15) is 62.7 Å². The molecule has 0 unspecified atom stereocenters. The smallest absolute Gasteiger partial charge is 0.253 e. The Hall–Kier alpha value is -1.84. The second-order valence-electron chi connectivity index (χ2n) is 8.71. The quantitative estimate of drug-likeness (QED) is 0.856. The maximum atomic E-state index is 13.2. The number of amides is 2. The lowest BCUT2D eigenvalue weighted by Gasteiger charge is -2.55. The van der Waals surface area contributed by atoms with Crippen molar-refractivity contribution in [1.82, 2.24) is 4.90 Å². The van der Waals surface area contributed by atoms with Crippen molar-refractivity contribution in [2.45, 2.75) is 52.4 Å². The van der Waals surface area contributed by atoms with Gasteiger partial charge in [0.15, 0.2) is 0 Å². The largest absolute Gasteiger partial charge is 0.339 e. The molecule has 4 fully saturated rings. The van der Waals surface area contributed by atoms with E-state index in [0.29, 0.717) is 18.7 Å². The van der Waals surface area contributed by atoms with Crippen LogP contribution in [0, 0.1) is 23.2 Å². The summed E-state index contributed by atoms with van der Waals surface area (Å²) in [6.45, 7) is 5.36. The van der Waals surface area contributed by atoms with Gasteiger partial charge in [0.25, 0.3) is 5.91 Å². The summed E-state index contributed by atoms with van der Waals surface area (Å²) in [4.78, 5) is 27.6. The van der Waals surface area contributed by atoms with E-state index in [9.17, 15) is 9.59 Å². The number of anilines is 1. The molecule has 0 atom stereocenters. The maximum Gasteiger partial charge on any atom is 0.253 e. The molecule has 4 heteroatoms. The Morgan fingerprint density at radius 3 is 2.15 bits per heavy atom. The molecule has 0 heterocycles. The lowest BCUT2D eigenvalue weighted by atomic mass is 9.49. The molecule has 0 saturated heterocycles. The number of rotatable bonds is 5. The minimum atomic E-state index is -0.159. The van der Waals surface area contributed by atoms with Crippen molar-refractivity contribution in [2.75, 3.05) is 18.4 Å². The van der Waals surface area contributed by atoms with Gasteiger partial charge in [-0.1, -0.05) is 6.07 Å². The molecular weight excluding hydrogens is 324 g/mol. The second kappa shape index (κ2) is 6.71. The van der Waals surface area contributed by atoms with Crippen molar-refractivity contribution in [3.05, 3.63) is 29.8 Å². The van der Waals surface area contributed by atoms with Crippen LogP contribution in [0.4, 0.5) is 5.69 Å². The minimum absolute atomic E-state index is 0.0286. The van der Waals surface area contributed by atoms with Gasteiger partial charge in [0.2, 0.25) is 5.91 Å². The fraction of sp³-hybridized carbons (Fsp3) is 0.636. The molecule has 4 saturated carbocycles. The SMILES string of the molecule is CCN(CC)C(=O)c1cccc(NC(=O)C23CC4CC(CC(C4)C2)C3)c1. The number of hydrogen-bond donors (Lipinski definition) is 1. The lowest BCUT2D eigenvalue weighted by molar-refractivity contribution is -0.140. The topological polar surface area (TPSA) is 49.4 Å². The highest BCUT2D eigenvalue weighted by Gasteiger charge is 2.54. The summed E-state index contributed by atoms with van der Waals surface area (Å²) in [7, 11) is 0. The first-order chi connectivity index (χ1) is 12.5. The van der Waals surface area contributed by atoms with Crippen LogP contribution in [0.3, 0.4) is 0 Å². The summed E-state index contributed by atoms with van der Waals surface area (Å²) in [5, 5.41) is 3.16. The van der Waals surface area contributed by atoms with Gasteiger partial charge in [-0.25, -0.2) is 0 Å². The fourth-order valence-corrected chi connectivity index (χ4v) is 6.08. The molecule has 0 aliphatic heterocycles. The highest BCUT2D eigenvalue weighted by Crippen LogP contribution is 2.60. The van der Waals surface area contributed by atoms with E-state index in [2.05, 4.69) is 5.32 Å². The Balaban J connectivity index is 1.50. The van der Waals surface area contributed by atoms with E-state index >= 15 is 0 Å². The van der Waals surface area contributed by atoms with Crippen molar-refractivity contribution in [3.8, 4) is 0 Å². The summed E-state index contributed by atoms with van der Waals surface area (Å²) in [5.74, 6) is 2.47. The van der Waals surface area contributed by atoms with Crippen LogP contribution in [-0.2, 0) is 4.79 Å². The Bertz CT molecular complexity index is 673. The van der Waals surface area contributed by atoms with Crippen molar-refractivity contribution >= 4 is 17.5 Å². The van der Waals surface area contributed by atoms with E-state index in [-0.39, 0.29) is 17.2 Å². The van der Waals surface area contributed by atoms with Crippen LogP contribution in [0.2, 0.25) is 0 Å². The summed E-state index contributed by atoms with van der Waals surface area (Å²) in [5.41, 5.74) is 1.24. The number of nitrogens with zero attached hydrogens (tertiary/aromatic N) is 1. The van der Waals surface area contributed by atoms with E-state index in [4.69, 9.17) is 0 Å². The first kappa shape index (κ1) is 17.6. The fourth-order valence-electron chi connectivity index (χ4n) is 6.08. The predicted octanol–water partition coefficient (Wildman–Crippen LogP) is 4.32. The Morgan fingerprint density at radius 2 is 1.62 bits per heavy atom. The minimum Gasteiger partial charge on any atom is -0.339 e. The number of carbonyl (C=O) groups is 2. The first-order valence-electron chi connectivity index (χ1n) is 10.2. The molecule has 2 amide bonds. The summed E-state index contributed by atoms with van der Waals surface area (Å²) >= 11 is 0. The van der Waals surface area contributed by atoms with Crippen molar-refractivity contribution < 1.29 is 9.59 Å². The number of benzene rings is 1. The van der Waals surface area contributed by atoms with Crippen LogP contribution in [0.15, 0.2) is 24.3 Å². The van der Waals surface area contributed by atoms with E-state index in [1.54, 1.807) is 4.90 Å². The summed E-state index contributed by atoms with van der Waals surface area (Å²) in [6, 6.07) is 7.43. The average molecular weight is 354 g/mol. The van der Waals surface area contributed by atoms with Gasteiger partial charge in [0.05, 0.1) is 5.41 Å². The van der Waals surface area contributed by atoms with Crippen molar-refractivity contribution in [1.29, 1.82) is 0 Å². The molecule has 5 rings (SSSR count). The van der Waals surface area contributed by atoms with Crippen LogP contribution in [-0.4, -0.2) is 29.8 Å². The lowest BCUT2D eigenvalue weighted by Crippen LogP contribution is -2.51. The third-order valence-corrected chi connectivity index (χ3v) is 6.94. The van der Waals surface area contributed by atoms with Crippen molar-refractivity contribution in [2.24, 2.45) is 23.2 Å². The third kappa shape index (κ3) is 3.04. The highest BCUT2D eigenvalue weighted by molar-refractivity contribution is 5.99. The number of hydrogen-bond acceptors (Lipinski definition) is 2. The Labute approximate surface area is 156 Å². The molecular formula is C22H30N2O2. The Kier molecular flexibility index (Phi) is 4.54. The van der Waals surface area contributed by atoms with Gasteiger partial charge in [-0.15, -0.1) is 0 Å². The number of nitrogens with one attached hydrogen (secondary N) is 1. The zero-order valence-electron chi connectivity index (χ0n) is 16.0. The molecule has 4 bridgehead atoms. The van der Waals surface area contributed by atoms with Gasteiger partial charge in [0.1, 0.15) is 0 Å². The van der Waals surface area contributed by atoms with Crippen LogP contribution >= 0.6 is 0 Å². The van der Waals surface area contributed by atoms with E-state index in [1.807, 2.05) is 38.1 Å². The van der Waals surface area contributed by atoms with Crippen LogP contribution in [0.25, 0.3) is 0 Å². The predicted molar refractivity (Wildman–Crippen MR) is 103 cm³/mol. The molecule has 140 valence electrons. The van der Waals surface area contributed by atoms with Gasteiger partial charge in [-0.05, 0) is 88.3 Å². The van der Waals surface area contributed by atoms with E-state index in [1.165, 1.54) is 19.3 Å². The van der Waals surface area contributed by atoms with Crippen molar-refractivity contribution in [3.63, 3.8) is 0 Å². The van der Waals surface area contributed by atoms with Gasteiger partial charge in [-0.2, -0.15) is 0 Å². The molecule has 0 radical (unpaired) electrons. The third-order valence-electron chi connectivity index (χ3n) is 6.94. The highest BCUT2D eigenvalue weighted by atomic mass is 16.2. The zero-order chi connectivity index (χ0) is 18.3. The number of carbonyl (C=O) groups excluding carboxylic acids is 2. The molecule has 1 aromatic carbocycles. The summed E-state index contributed by atoms with van der Waals surface area (Å²) < 4.78 is 0. The zero-order valence-corrected chi connectivity index (χ0v) is 16.0. The van der Waals surface area contributed by atoms with Gasteiger partial charge >= 0.3 is 0 Å². The molecule has 0 spiro atoms. The molecule has 4 aliphatic rings. The molecule has 26 heavy (non-hydrogen) atoms. The second-order valence-corrected chi connectivity index (χ2v) is 8.71. The maximum absolute atomic E-state index is 13.2. The molecule has 4 nitrogen and oxygen atoms in total. The van der Waals surface area contributed by atoms with Gasteiger partial charge in [0, 0.05) is 24.3 Å². The van der Waals surface area contributed by atoms with E-state index < -0.39 is 0 Å². The molecule has 1 N–H and O–H groups in total. The Morgan fingerprint density at radius 1 is 1.04 bits per heavy atom. The standard InChI is InChI=1S/C22H30N2O2/c1-3-24(4-2)20(25)18-6-5-7-19(11-18)23-21(26)22-12-15-8-16(13-22)10-17(9-15)14-22/h5-7,11,15-17H,3-4,8-10,12-14H2,1-2H3,(H,23,26). The van der Waals surface area contributed by atoms with Crippen LogP contribution < -0.4 is 5.32 Å².